The lowest BCUT2D eigenvalue weighted by Gasteiger charge is -2.12. The van der Waals surface area contributed by atoms with Crippen molar-refractivity contribution in [2.45, 2.75) is 40.2 Å². The fourth-order valence-electron chi connectivity index (χ4n) is 2.16. The van der Waals surface area contributed by atoms with Crippen molar-refractivity contribution in [1.29, 1.82) is 0 Å². The van der Waals surface area contributed by atoms with Crippen molar-refractivity contribution in [3.63, 3.8) is 0 Å². The van der Waals surface area contributed by atoms with E-state index in [1.54, 1.807) is 0 Å². The summed E-state index contributed by atoms with van der Waals surface area (Å²) in [5.74, 6) is 1.42. The van der Waals surface area contributed by atoms with Gasteiger partial charge in [-0.05, 0) is 42.0 Å². The Morgan fingerprint density at radius 2 is 1.65 bits per heavy atom. The maximum absolute atomic E-state index is 5.93. The van der Waals surface area contributed by atoms with Gasteiger partial charge >= 0.3 is 0 Å². The SMILES string of the molecule is Cc1cc(C)c(OCc2ccc(C(C)C)cc2)cc1N. The highest BCUT2D eigenvalue weighted by atomic mass is 16.5. The topological polar surface area (TPSA) is 35.2 Å². The number of aryl methyl sites for hydroxylation is 2. The summed E-state index contributed by atoms with van der Waals surface area (Å²) in [4.78, 5) is 0. The first kappa shape index (κ1) is 14.4. The van der Waals surface area contributed by atoms with Crippen molar-refractivity contribution in [3.8, 4) is 5.75 Å². The molecule has 106 valence electrons. The predicted molar refractivity (Wildman–Crippen MR) is 85.2 cm³/mol. The summed E-state index contributed by atoms with van der Waals surface area (Å²) in [6.45, 7) is 9.02. The lowest BCUT2D eigenvalue weighted by atomic mass is 10.0. The number of benzene rings is 2. The summed E-state index contributed by atoms with van der Waals surface area (Å²) in [7, 11) is 0. The van der Waals surface area contributed by atoms with Gasteiger partial charge in [0.25, 0.3) is 0 Å². The molecule has 2 N–H and O–H groups in total. The van der Waals surface area contributed by atoms with Gasteiger partial charge in [0.15, 0.2) is 0 Å². The summed E-state index contributed by atoms with van der Waals surface area (Å²) in [6.07, 6.45) is 0. The van der Waals surface area contributed by atoms with Crippen LogP contribution in [-0.4, -0.2) is 0 Å². The van der Waals surface area contributed by atoms with Gasteiger partial charge in [0, 0.05) is 11.8 Å². The van der Waals surface area contributed by atoms with E-state index in [0.717, 1.165) is 22.6 Å². The molecule has 2 aromatic carbocycles. The Kier molecular flexibility index (Phi) is 4.33. The van der Waals surface area contributed by atoms with Gasteiger partial charge in [-0.2, -0.15) is 0 Å². The fourth-order valence-corrected chi connectivity index (χ4v) is 2.16. The summed E-state index contributed by atoms with van der Waals surface area (Å²) >= 11 is 0. The molecule has 20 heavy (non-hydrogen) atoms. The molecule has 0 unspecified atom stereocenters. The minimum Gasteiger partial charge on any atom is -0.489 e. The van der Waals surface area contributed by atoms with Gasteiger partial charge in [-0.15, -0.1) is 0 Å². The summed E-state index contributed by atoms with van der Waals surface area (Å²) < 4.78 is 5.88. The molecule has 2 nitrogen and oxygen atoms in total. The number of nitrogens with two attached hydrogens (primary N) is 1. The number of hydrogen-bond donors (Lipinski definition) is 1. The second kappa shape index (κ2) is 6.00. The van der Waals surface area contributed by atoms with Crippen molar-refractivity contribution in [2.24, 2.45) is 0 Å². The number of hydrogen-bond acceptors (Lipinski definition) is 2. The molecule has 0 radical (unpaired) electrons. The molecule has 0 aromatic heterocycles. The van der Waals surface area contributed by atoms with Crippen LogP contribution in [0.3, 0.4) is 0 Å². The van der Waals surface area contributed by atoms with Gasteiger partial charge in [0.2, 0.25) is 0 Å². The zero-order chi connectivity index (χ0) is 14.7. The van der Waals surface area contributed by atoms with Crippen LogP contribution in [-0.2, 0) is 6.61 Å². The smallest absolute Gasteiger partial charge is 0.124 e. The highest BCUT2D eigenvalue weighted by molar-refractivity contribution is 5.54. The highest BCUT2D eigenvalue weighted by Gasteiger charge is 2.04. The van der Waals surface area contributed by atoms with Crippen LogP contribution in [0.4, 0.5) is 5.69 Å². The van der Waals surface area contributed by atoms with Gasteiger partial charge < -0.3 is 10.5 Å². The Hall–Kier alpha value is -1.96. The predicted octanol–water partition coefficient (Wildman–Crippen LogP) is 4.59. The molecule has 2 heteroatoms. The van der Waals surface area contributed by atoms with Crippen molar-refractivity contribution in [1.82, 2.24) is 0 Å². The van der Waals surface area contributed by atoms with Gasteiger partial charge in [0.1, 0.15) is 12.4 Å². The molecule has 0 atom stereocenters. The van der Waals surface area contributed by atoms with E-state index < -0.39 is 0 Å². The standard InChI is InChI=1S/C18H23NO/c1-12(2)16-7-5-15(6-8-16)11-20-18-10-17(19)13(3)9-14(18)4/h5-10,12H,11,19H2,1-4H3. The van der Waals surface area contributed by atoms with Gasteiger partial charge in [0.05, 0.1) is 0 Å². The monoisotopic (exact) mass is 269 g/mol. The Morgan fingerprint density at radius 1 is 1.00 bits per heavy atom. The quantitative estimate of drug-likeness (QED) is 0.824. The van der Waals surface area contributed by atoms with Crippen molar-refractivity contribution < 1.29 is 4.74 Å². The van der Waals surface area contributed by atoms with Crippen LogP contribution in [0.25, 0.3) is 0 Å². The van der Waals surface area contributed by atoms with Crippen molar-refractivity contribution >= 4 is 5.69 Å². The first-order chi connectivity index (χ1) is 9.47. The van der Waals surface area contributed by atoms with Gasteiger partial charge in [-0.1, -0.05) is 44.2 Å². The van der Waals surface area contributed by atoms with Crippen molar-refractivity contribution in [3.05, 3.63) is 58.7 Å². The molecule has 0 bridgehead atoms. The lowest BCUT2D eigenvalue weighted by Crippen LogP contribution is -2.00. The summed E-state index contributed by atoms with van der Waals surface area (Å²) in [6, 6.07) is 12.6. The zero-order valence-corrected chi connectivity index (χ0v) is 12.7. The normalized spacial score (nSPS) is 10.8. The van der Waals surface area contributed by atoms with E-state index >= 15 is 0 Å². The second-order valence-corrected chi connectivity index (χ2v) is 5.66. The average molecular weight is 269 g/mol. The Morgan fingerprint density at radius 3 is 2.25 bits per heavy atom. The van der Waals surface area contributed by atoms with Crippen LogP contribution in [0.15, 0.2) is 36.4 Å². The third-order valence-electron chi connectivity index (χ3n) is 3.60. The van der Waals surface area contributed by atoms with Crippen LogP contribution in [0.1, 0.15) is 42.0 Å². The molecule has 0 heterocycles. The largest absolute Gasteiger partial charge is 0.489 e. The Bertz CT molecular complexity index is 585. The molecule has 0 spiro atoms. The summed E-state index contributed by atoms with van der Waals surface area (Å²) in [5.41, 5.74) is 11.5. The average Bonchev–Trinajstić information content (AvgIpc) is 2.42. The maximum atomic E-state index is 5.93. The van der Waals surface area contributed by atoms with E-state index in [1.165, 1.54) is 11.1 Å². The molecule has 0 aliphatic heterocycles. The minimum atomic E-state index is 0.559. The zero-order valence-electron chi connectivity index (χ0n) is 12.7. The van der Waals surface area contributed by atoms with E-state index in [4.69, 9.17) is 10.5 Å². The number of rotatable bonds is 4. The minimum absolute atomic E-state index is 0.559. The van der Waals surface area contributed by atoms with Crippen LogP contribution >= 0.6 is 0 Å². The number of ether oxygens (including phenoxy) is 1. The van der Waals surface area contributed by atoms with Crippen LogP contribution in [0.2, 0.25) is 0 Å². The first-order valence-electron chi connectivity index (χ1n) is 7.05. The molecule has 2 rings (SSSR count). The molecule has 2 aromatic rings. The summed E-state index contributed by atoms with van der Waals surface area (Å²) in [5, 5.41) is 0. The highest BCUT2D eigenvalue weighted by Crippen LogP contribution is 2.25. The first-order valence-corrected chi connectivity index (χ1v) is 7.05. The lowest BCUT2D eigenvalue weighted by molar-refractivity contribution is 0.304. The Balaban J connectivity index is 2.07. The van der Waals surface area contributed by atoms with Crippen LogP contribution < -0.4 is 10.5 Å². The fraction of sp³-hybridized carbons (Fsp3) is 0.333. The molecule has 0 saturated heterocycles. The van der Waals surface area contributed by atoms with E-state index in [2.05, 4.69) is 44.2 Å². The third-order valence-corrected chi connectivity index (χ3v) is 3.60. The molecule has 0 fully saturated rings. The van der Waals surface area contributed by atoms with Crippen LogP contribution in [0, 0.1) is 13.8 Å². The van der Waals surface area contributed by atoms with E-state index in [-0.39, 0.29) is 0 Å². The molecular formula is C18H23NO. The van der Waals surface area contributed by atoms with Gasteiger partial charge in [-0.25, -0.2) is 0 Å². The molecule has 0 aliphatic carbocycles. The molecule has 0 amide bonds. The van der Waals surface area contributed by atoms with E-state index in [0.29, 0.717) is 12.5 Å². The van der Waals surface area contributed by atoms with Gasteiger partial charge in [-0.3, -0.25) is 0 Å². The molecular weight excluding hydrogens is 246 g/mol. The van der Waals surface area contributed by atoms with Crippen molar-refractivity contribution in [2.75, 3.05) is 5.73 Å². The third kappa shape index (κ3) is 3.32. The van der Waals surface area contributed by atoms with Crippen LogP contribution in [0.5, 0.6) is 5.75 Å². The maximum Gasteiger partial charge on any atom is 0.124 e. The van der Waals surface area contributed by atoms with E-state index in [1.807, 2.05) is 19.9 Å². The second-order valence-electron chi connectivity index (χ2n) is 5.66. The number of nitrogen functional groups attached to an aromatic ring is 1. The molecule has 0 saturated carbocycles. The molecule has 0 aliphatic rings. The Labute approximate surface area is 121 Å². The van der Waals surface area contributed by atoms with E-state index in [9.17, 15) is 0 Å². The number of anilines is 1.